The molecule has 4 rings (SSSR count). The van der Waals surface area contributed by atoms with Crippen molar-refractivity contribution in [1.82, 2.24) is 19.8 Å². The molecule has 0 saturated heterocycles. The van der Waals surface area contributed by atoms with Crippen molar-refractivity contribution < 1.29 is 32.7 Å². The predicted molar refractivity (Wildman–Crippen MR) is 117 cm³/mol. The van der Waals surface area contributed by atoms with E-state index in [4.69, 9.17) is 9.90 Å². The first-order valence-electron chi connectivity index (χ1n) is 10.4. The van der Waals surface area contributed by atoms with E-state index in [-0.39, 0.29) is 17.7 Å². The van der Waals surface area contributed by atoms with Gasteiger partial charge in [0.1, 0.15) is 5.69 Å². The van der Waals surface area contributed by atoms with Gasteiger partial charge in [-0.1, -0.05) is 24.3 Å². The normalized spacial score (nSPS) is 15.5. The SMILES string of the molecule is CNC(=O)CC1CN(C(=O)c2ccc3ccccc3n2)Cc2cccn2C1.O=C(O)C(F)(F)F. The molecule has 0 radical (unpaired) electrons. The maximum Gasteiger partial charge on any atom is 0.490 e. The molecule has 11 heteroatoms. The molecule has 2 aromatic heterocycles. The molecule has 2 amide bonds. The summed E-state index contributed by atoms with van der Waals surface area (Å²) in [6, 6.07) is 15.5. The van der Waals surface area contributed by atoms with E-state index in [0.717, 1.165) is 23.1 Å². The number of hydrogen-bond donors (Lipinski definition) is 2. The van der Waals surface area contributed by atoms with Crippen LogP contribution in [0.15, 0.2) is 54.7 Å². The van der Waals surface area contributed by atoms with E-state index >= 15 is 0 Å². The number of hydrogen-bond acceptors (Lipinski definition) is 4. The summed E-state index contributed by atoms with van der Waals surface area (Å²) in [5, 5.41) is 10.8. The third kappa shape index (κ3) is 6.12. The van der Waals surface area contributed by atoms with Crippen LogP contribution in [0.4, 0.5) is 13.2 Å². The van der Waals surface area contributed by atoms with Crippen molar-refractivity contribution in [3.8, 4) is 0 Å². The van der Waals surface area contributed by atoms with E-state index in [1.54, 1.807) is 13.1 Å². The van der Waals surface area contributed by atoms with Gasteiger partial charge in [0.05, 0.1) is 12.1 Å². The number of nitrogens with zero attached hydrogens (tertiary/aromatic N) is 3. The maximum atomic E-state index is 13.2. The molecule has 8 nitrogen and oxygen atoms in total. The van der Waals surface area contributed by atoms with Crippen molar-refractivity contribution in [2.45, 2.75) is 25.7 Å². The van der Waals surface area contributed by atoms with Crippen molar-refractivity contribution in [3.05, 3.63) is 66.1 Å². The minimum Gasteiger partial charge on any atom is -0.475 e. The van der Waals surface area contributed by atoms with Gasteiger partial charge in [0.15, 0.2) is 0 Å². The number of benzene rings is 1. The van der Waals surface area contributed by atoms with Crippen molar-refractivity contribution >= 4 is 28.7 Å². The molecule has 3 aromatic rings. The lowest BCUT2D eigenvalue weighted by Gasteiger charge is -2.23. The van der Waals surface area contributed by atoms with Gasteiger partial charge in [0.2, 0.25) is 5.91 Å². The third-order valence-corrected chi connectivity index (χ3v) is 5.31. The molecule has 3 heterocycles. The van der Waals surface area contributed by atoms with E-state index in [0.29, 0.717) is 25.2 Å². The lowest BCUT2D eigenvalue weighted by Crippen LogP contribution is -2.36. The second-order valence-electron chi connectivity index (χ2n) is 7.77. The fraction of sp³-hybridized carbons (Fsp3) is 0.304. The Kier molecular flexibility index (Phi) is 7.54. The van der Waals surface area contributed by atoms with Crippen molar-refractivity contribution in [2.75, 3.05) is 13.6 Å². The summed E-state index contributed by atoms with van der Waals surface area (Å²) < 4.78 is 33.9. The monoisotopic (exact) mass is 476 g/mol. The zero-order chi connectivity index (χ0) is 24.9. The third-order valence-electron chi connectivity index (χ3n) is 5.31. The van der Waals surface area contributed by atoms with Gasteiger partial charge in [0, 0.05) is 49.8 Å². The molecule has 0 bridgehead atoms. The van der Waals surface area contributed by atoms with Gasteiger partial charge in [-0.05, 0) is 24.3 Å². The van der Waals surface area contributed by atoms with Gasteiger partial charge < -0.3 is 19.9 Å². The molecule has 1 aliphatic rings. The Labute approximate surface area is 193 Å². The number of aromatic nitrogens is 2. The lowest BCUT2D eigenvalue weighted by molar-refractivity contribution is -0.192. The quantitative estimate of drug-likeness (QED) is 0.605. The number of nitrogens with one attached hydrogen (secondary N) is 1. The standard InChI is InChI=1S/C21H22N4O2.C2HF3O2/c1-22-20(26)11-15-12-24-10-4-6-17(24)14-25(13-15)21(27)19-9-8-16-5-2-3-7-18(16)23-19;3-2(4,5)1(6)7/h2-10,15H,11-14H2,1H3,(H,22,26);(H,6,7). The molecule has 1 unspecified atom stereocenters. The Morgan fingerprint density at radius 3 is 2.47 bits per heavy atom. The van der Waals surface area contributed by atoms with Crippen LogP contribution in [0.2, 0.25) is 0 Å². The van der Waals surface area contributed by atoms with Crippen LogP contribution in [0, 0.1) is 5.92 Å². The minimum absolute atomic E-state index is 0.00756. The van der Waals surface area contributed by atoms with E-state index in [1.807, 2.05) is 53.6 Å². The molecule has 1 atom stereocenters. The van der Waals surface area contributed by atoms with Crippen molar-refractivity contribution in [2.24, 2.45) is 5.92 Å². The zero-order valence-corrected chi connectivity index (χ0v) is 18.2. The predicted octanol–water partition coefficient (Wildman–Crippen LogP) is 3.08. The number of rotatable bonds is 3. The number of carboxylic acid groups (broad SMARTS) is 1. The average molecular weight is 476 g/mol. The van der Waals surface area contributed by atoms with E-state index < -0.39 is 12.1 Å². The highest BCUT2D eigenvalue weighted by Crippen LogP contribution is 2.22. The fourth-order valence-corrected chi connectivity index (χ4v) is 3.67. The summed E-state index contributed by atoms with van der Waals surface area (Å²) in [5.74, 6) is -2.81. The topological polar surface area (TPSA) is 105 Å². The fourth-order valence-electron chi connectivity index (χ4n) is 3.67. The highest BCUT2D eigenvalue weighted by atomic mass is 19.4. The number of carbonyl (C=O) groups is 3. The first kappa shape index (κ1) is 24.7. The minimum atomic E-state index is -5.08. The van der Waals surface area contributed by atoms with Gasteiger partial charge >= 0.3 is 12.1 Å². The van der Waals surface area contributed by atoms with E-state index in [9.17, 15) is 22.8 Å². The lowest BCUT2D eigenvalue weighted by atomic mass is 10.0. The number of alkyl halides is 3. The first-order chi connectivity index (χ1) is 16.1. The molecule has 0 aliphatic carbocycles. The van der Waals surface area contributed by atoms with Crippen LogP contribution in [-0.4, -0.2) is 57.1 Å². The average Bonchev–Trinajstić information content (AvgIpc) is 3.16. The molecule has 0 saturated carbocycles. The second-order valence-corrected chi connectivity index (χ2v) is 7.77. The van der Waals surface area contributed by atoms with Crippen LogP contribution in [0.3, 0.4) is 0 Å². The van der Waals surface area contributed by atoms with Gasteiger partial charge in [-0.25, -0.2) is 9.78 Å². The van der Waals surface area contributed by atoms with Crippen molar-refractivity contribution in [3.63, 3.8) is 0 Å². The largest absolute Gasteiger partial charge is 0.490 e. The van der Waals surface area contributed by atoms with Crippen LogP contribution in [0.25, 0.3) is 10.9 Å². The molecule has 180 valence electrons. The second kappa shape index (κ2) is 10.4. The van der Waals surface area contributed by atoms with Gasteiger partial charge in [-0.15, -0.1) is 0 Å². The van der Waals surface area contributed by atoms with Crippen LogP contribution >= 0.6 is 0 Å². The number of carboxylic acids is 1. The van der Waals surface area contributed by atoms with Crippen LogP contribution in [0.5, 0.6) is 0 Å². The first-order valence-corrected chi connectivity index (χ1v) is 10.4. The molecule has 1 aliphatic heterocycles. The number of para-hydroxylation sites is 1. The van der Waals surface area contributed by atoms with E-state index in [2.05, 4.69) is 14.9 Å². The summed E-state index contributed by atoms with van der Waals surface area (Å²) in [4.78, 5) is 40.3. The number of aliphatic carboxylic acids is 1. The number of amides is 2. The summed E-state index contributed by atoms with van der Waals surface area (Å²) >= 11 is 0. The molecule has 2 N–H and O–H groups in total. The molecule has 0 spiro atoms. The van der Waals surface area contributed by atoms with Gasteiger partial charge in [-0.2, -0.15) is 13.2 Å². The molecule has 34 heavy (non-hydrogen) atoms. The van der Waals surface area contributed by atoms with Crippen LogP contribution in [-0.2, 0) is 22.7 Å². The van der Waals surface area contributed by atoms with E-state index in [1.165, 1.54) is 0 Å². The number of carbonyl (C=O) groups excluding carboxylic acids is 2. The molecular weight excluding hydrogens is 453 g/mol. The zero-order valence-electron chi connectivity index (χ0n) is 18.2. The van der Waals surface area contributed by atoms with Gasteiger partial charge in [-0.3, -0.25) is 9.59 Å². The summed E-state index contributed by atoms with van der Waals surface area (Å²) in [5.41, 5.74) is 2.32. The summed E-state index contributed by atoms with van der Waals surface area (Å²) in [6.07, 6.45) is -2.68. The Morgan fingerprint density at radius 2 is 1.79 bits per heavy atom. The Morgan fingerprint density at radius 1 is 1.09 bits per heavy atom. The Balaban J connectivity index is 0.000000406. The molecule has 1 aromatic carbocycles. The van der Waals surface area contributed by atoms with Crippen molar-refractivity contribution in [1.29, 1.82) is 0 Å². The number of halogens is 3. The Hall–Kier alpha value is -3.89. The van der Waals surface area contributed by atoms with Gasteiger partial charge in [0.25, 0.3) is 5.91 Å². The van der Waals surface area contributed by atoms with Crippen LogP contribution < -0.4 is 5.32 Å². The summed E-state index contributed by atoms with van der Waals surface area (Å²) in [6.45, 7) is 1.78. The summed E-state index contributed by atoms with van der Waals surface area (Å²) in [7, 11) is 1.64. The molecule has 0 fully saturated rings. The van der Waals surface area contributed by atoms with Crippen LogP contribution in [0.1, 0.15) is 22.6 Å². The highest BCUT2D eigenvalue weighted by Gasteiger charge is 2.38. The highest BCUT2D eigenvalue weighted by molar-refractivity contribution is 5.95. The molecular formula is C23H23F3N4O4. The number of fused-ring (bicyclic) bond motifs is 2. The Bertz CT molecular complexity index is 1190. The smallest absolute Gasteiger partial charge is 0.475 e. The number of pyridine rings is 1. The maximum absolute atomic E-state index is 13.2.